The summed E-state index contributed by atoms with van der Waals surface area (Å²) >= 11 is 0. The van der Waals surface area contributed by atoms with Crippen molar-refractivity contribution in [2.45, 2.75) is 50.6 Å². The van der Waals surface area contributed by atoms with Crippen LogP contribution >= 0.6 is 0 Å². The van der Waals surface area contributed by atoms with E-state index in [1.807, 2.05) is 10.9 Å². The number of nitriles is 1. The van der Waals surface area contributed by atoms with Crippen molar-refractivity contribution in [1.82, 2.24) is 39.2 Å². The summed E-state index contributed by atoms with van der Waals surface area (Å²) in [4.78, 5) is 11.1. The predicted molar refractivity (Wildman–Crippen MR) is 126 cm³/mol. The van der Waals surface area contributed by atoms with Gasteiger partial charge in [0.25, 0.3) is 0 Å². The highest BCUT2D eigenvalue weighted by molar-refractivity contribution is 7.89. The standard InChI is InChI=1S/C22H29N9O2S/c1-2-34(32,33)30-9-3-18(4-10-30)29-11-6-22(5-8-23,7-12-29)31-15-17(13-27-31)20-19-14-26-28-21(19)25-16-24-20/h13-16,18H,2-7,9-12H2,1H3,(H,24,25,26,28). The number of nitrogens with one attached hydrogen (secondary N) is 1. The average Bonchev–Trinajstić information content (AvgIpc) is 3.55. The van der Waals surface area contributed by atoms with Crippen LogP contribution in [-0.2, 0) is 15.6 Å². The first kappa shape index (κ1) is 22.9. The zero-order valence-corrected chi connectivity index (χ0v) is 20.1. The SMILES string of the molecule is CCS(=O)(=O)N1CCC(N2CCC(CC#N)(n3cc(-c4ncnc5[nH]ncc45)cn3)CC2)CC1. The van der Waals surface area contributed by atoms with E-state index in [1.165, 1.54) is 6.33 Å². The molecule has 2 aliphatic heterocycles. The second-order valence-corrected chi connectivity index (χ2v) is 11.4. The molecule has 2 aliphatic rings. The number of nitrogens with zero attached hydrogens (tertiary/aromatic N) is 8. The lowest BCUT2D eigenvalue weighted by Crippen LogP contribution is -2.53. The maximum atomic E-state index is 12.2. The molecule has 5 rings (SSSR count). The third-order valence-corrected chi connectivity index (χ3v) is 9.31. The molecule has 180 valence electrons. The molecule has 5 heterocycles. The molecule has 2 fully saturated rings. The fourth-order valence-electron chi connectivity index (χ4n) is 5.31. The van der Waals surface area contributed by atoms with Gasteiger partial charge in [0.05, 0.1) is 47.3 Å². The lowest BCUT2D eigenvalue weighted by molar-refractivity contribution is 0.0542. The minimum atomic E-state index is -3.12. The Morgan fingerprint density at radius 2 is 1.94 bits per heavy atom. The molecule has 12 heteroatoms. The highest BCUT2D eigenvalue weighted by Gasteiger charge is 2.40. The molecule has 1 N–H and O–H groups in total. The van der Waals surface area contributed by atoms with Crippen LogP contribution < -0.4 is 0 Å². The third-order valence-electron chi connectivity index (χ3n) is 7.42. The van der Waals surface area contributed by atoms with Gasteiger partial charge in [-0.05, 0) is 32.6 Å². The Hall–Kier alpha value is -2.88. The molecule has 3 aromatic rings. The van der Waals surface area contributed by atoms with E-state index >= 15 is 0 Å². The molecule has 0 saturated carbocycles. The van der Waals surface area contributed by atoms with E-state index in [1.54, 1.807) is 23.6 Å². The van der Waals surface area contributed by atoms with Gasteiger partial charge in [0.2, 0.25) is 10.0 Å². The molecule has 0 unspecified atom stereocenters. The van der Waals surface area contributed by atoms with Crippen LogP contribution in [0.25, 0.3) is 22.3 Å². The molecule has 0 aromatic carbocycles. The fraction of sp³-hybridized carbons (Fsp3) is 0.591. The second kappa shape index (κ2) is 9.05. The largest absolute Gasteiger partial charge is 0.300 e. The summed E-state index contributed by atoms with van der Waals surface area (Å²) in [5, 5.41) is 22.1. The Balaban J connectivity index is 1.30. The normalized spacial score (nSPS) is 20.5. The van der Waals surface area contributed by atoms with Crippen molar-refractivity contribution in [3.63, 3.8) is 0 Å². The number of hydrogen-bond donors (Lipinski definition) is 1. The van der Waals surface area contributed by atoms with Gasteiger partial charge in [0.1, 0.15) is 6.33 Å². The molecule has 3 aromatic heterocycles. The number of aromatic amines is 1. The maximum Gasteiger partial charge on any atom is 0.213 e. The second-order valence-electron chi connectivity index (χ2n) is 9.15. The molecule has 0 spiro atoms. The van der Waals surface area contributed by atoms with E-state index in [0.717, 1.165) is 55.4 Å². The van der Waals surface area contributed by atoms with E-state index in [4.69, 9.17) is 0 Å². The van der Waals surface area contributed by atoms with Crippen LogP contribution in [0.3, 0.4) is 0 Å². The van der Waals surface area contributed by atoms with Crippen LogP contribution in [0.2, 0.25) is 0 Å². The first-order valence-corrected chi connectivity index (χ1v) is 13.3. The quantitative estimate of drug-likeness (QED) is 0.560. The molecule has 0 atom stereocenters. The summed E-state index contributed by atoms with van der Waals surface area (Å²) in [6, 6.07) is 2.76. The molecular formula is C22H29N9O2S. The number of hydrogen-bond acceptors (Lipinski definition) is 8. The Morgan fingerprint density at radius 3 is 2.65 bits per heavy atom. The van der Waals surface area contributed by atoms with Gasteiger partial charge in [-0.2, -0.15) is 15.5 Å². The van der Waals surface area contributed by atoms with Crippen molar-refractivity contribution in [3.05, 3.63) is 24.9 Å². The minimum Gasteiger partial charge on any atom is -0.300 e. The average molecular weight is 484 g/mol. The monoisotopic (exact) mass is 483 g/mol. The van der Waals surface area contributed by atoms with Gasteiger partial charge in [-0.25, -0.2) is 22.7 Å². The van der Waals surface area contributed by atoms with Crippen LogP contribution in [0.5, 0.6) is 0 Å². The summed E-state index contributed by atoms with van der Waals surface area (Å²) in [6.45, 7) is 4.60. The zero-order chi connectivity index (χ0) is 23.8. The van der Waals surface area contributed by atoms with Gasteiger partial charge in [-0.3, -0.25) is 9.78 Å². The third kappa shape index (κ3) is 4.08. The first-order valence-electron chi connectivity index (χ1n) is 11.7. The highest BCUT2D eigenvalue weighted by atomic mass is 32.2. The van der Waals surface area contributed by atoms with Crippen LogP contribution in [-0.4, -0.2) is 85.5 Å². The topological polar surface area (TPSA) is 137 Å². The number of H-pyrrole nitrogens is 1. The van der Waals surface area contributed by atoms with Gasteiger partial charge >= 0.3 is 0 Å². The van der Waals surface area contributed by atoms with Crippen molar-refractivity contribution >= 4 is 21.1 Å². The van der Waals surface area contributed by atoms with Gasteiger partial charge in [0.15, 0.2) is 5.65 Å². The molecule has 0 bridgehead atoms. The Labute approximate surface area is 198 Å². The summed E-state index contributed by atoms with van der Waals surface area (Å²) in [5.41, 5.74) is 1.95. The smallest absolute Gasteiger partial charge is 0.213 e. The maximum absolute atomic E-state index is 12.2. The predicted octanol–water partition coefficient (Wildman–Crippen LogP) is 1.74. The number of aromatic nitrogens is 6. The number of sulfonamides is 1. The Morgan fingerprint density at radius 1 is 1.18 bits per heavy atom. The molecule has 11 nitrogen and oxygen atoms in total. The summed E-state index contributed by atoms with van der Waals surface area (Å²) in [6.07, 6.45) is 10.7. The van der Waals surface area contributed by atoms with E-state index in [-0.39, 0.29) is 11.3 Å². The van der Waals surface area contributed by atoms with E-state index in [2.05, 4.69) is 36.2 Å². The number of piperidine rings is 2. The molecule has 0 aliphatic carbocycles. The van der Waals surface area contributed by atoms with Crippen molar-refractivity contribution in [3.8, 4) is 17.3 Å². The molecule has 0 amide bonds. The van der Waals surface area contributed by atoms with Crippen LogP contribution in [0.4, 0.5) is 0 Å². The number of fused-ring (bicyclic) bond motifs is 1. The van der Waals surface area contributed by atoms with Crippen LogP contribution in [0, 0.1) is 11.3 Å². The molecule has 0 radical (unpaired) electrons. The van der Waals surface area contributed by atoms with E-state index in [0.29, 0.717) is 31.2 Å². The Kier molecular flexibility index (Phi) is 6.09. The van der Waals surface area contributed by atoms with Crippen LogP contribution in [0.1, 0.15) is 39.0 Å². The molecule has 2 saturated heterocycles. The van der Waals surface area contributed by atoms with Crippen molar-refractivity contribution < 1.29 is 8.42 Å². The zero-order valence-electron chi connectivity index (χ0n) is 19.3. The number of rotatable bonds is 6. The summed E-state index contributed by atoms with van der Waals surface area (Å²) < 4.78 is 27.9. The minimum absolute atomic E-state index is 0.158. The van der Waals surface area contributed by atoms with Crippen molar-refractivity contribution in [2.24, 2.45) is 0 Å². The lowest BCUT2D eigenvalue weighted by atomic mass is 9.84. The van der Waals surface area contributed by atoms with Crippen LogP contribution in [0.15, 0.2) is 24.9 Å². The summed E-state index contributed by atoms with van der Waals surface area (Å²) in [7, 11) is -3.12. The highest BCUT2D eigenvalue weighted by Crippen LogP contribution is 2.36. The van der Waals surface area contributed by atoms with Gasteiger partial charge in [-0.1, -0.05) is 0 Å². The van der Waals surface area contributed by atoms with Gasteiger partial charge in [-0.15, -0.1) is 0 Å². The molecular weight excluding hydrogens is 454 g/mol. The lowest BCUT2D eigenvalue weighted by Gasteiger charge is -2.45. The summed E-state index contributed by atoms with van der Waals surface area (Å²) in [5.74, 6) is 0.158. The van der Waals surface area contributed by atoms with Gasteiger partial charge < -0.3 is 4.90 Å². The van der Waals surface area contributed by atoms with Gasteiger partial charge in [0, 0.05) is 44.0 Å². The Bertz CT molecular complexity index is 1290. The van der Waals surface area contributed by atoms with Crippen molar-refractivity contribution in [2.75, 3.05) is 31.9 Å². The molecule has 34 heavy (non-hydrogen) atoms. The fourth-order valence-corrected chi connectivity index (χ4v) is 6.44. The van der Waals surface area contributed by atoms with E-state index in [9.17, 15) is 13.7 Å². The van der Waals surface area contributed by atoms with E-state index < -0.39 is 10.0 Å². The van der Waals surface area contributed by atoms with Crippen molar-refractivity contribution in [1.29, 1.82) is 5.26 Å². The number of likely N-dealkylation sites (tertiary alicyclic amines) is 1. The first-order chi connectivity index (χ1) is 16.5.